The number of alkyl halides is 3. The lowest BCUT2D eigenvalue weighted by Gasteiger charge is -2.33. The van der Waals surface area contributed by atoms with Gasteiger partial charge in [0.1, 0.15) is 0 Å². The molecule has 4 aromatic rings. The maximum Gasteiger partial charge on any atom is 0.416 e. The van der Waals surface area contributed by atoms with E-state index >= 15 is 0 Å². The fraction of sp³-hybridized carbons (Fsp3) is 0.344. The Kier molecular flexibility index (Phi) is 8.13. The van der Waals surface area contributed by atoms with Crippen LogP contribution >= 0.6 is 0 Å². The van der Waals surface area contributed by atoms with E-state index in [4.69, 9.17) is 11.0 Å². The van der Waals surface area contributed by atoms with Gasteiger partial charge in [-0.3, -0.25) is 9.69 Å². The zero-order chi connectivity index (χ0) is 29.1. The van der Waals surface area contributed by atoms with Crippen molar-refractivity contribution in [1.29, 1.82) is 0 Å². The second-order valence-electron chi connectivity index (χ2n) is 10.9. The van der Waals surface area contributed by atoms with Crippen LogP contribution in [-0.4, -0.2) is 35.4 Å². The lowest BCUT2D eigenvalue weighted by Crippen LogP contribution is -2.40. The van der Waals surface area contributed by atoms with Crippen LogP contribution in [0.5, 0.6) is 0 Å². The van der Waals surface area contributed by atoms with Crippen LogP contribution < -0.4 is 5.32 Å². The molecule has 212 valence electrons. The topological polar surface area (TPSA) is 62.7 Å². The van der Waals surface area contributed by atoms with Gasteiger partial charge < -0.3 is 9.73 Å². The molecule has 1 N–H and O–H groups in total. The highest BCUT2D eigenvalue weighted by atomic mass is 19.4. The van der Waals surface area contributed by atoms with Gasteiger partial charge in [0, 0.05) is 30.8 Å². The highest BCUT2D eigenvalue weighted by molar-refractivity contribution is 5.94. The van der Waals surface area contributed by atoms with Gasteiger partial charge in [-0.2, -0.15) is 13.2 Å². The standard InChI is InChI=1S/C32H31F3N4O2/c1-20(2)27-15-26(36-3)16-28-29(27)41-31(38-28)24-11-9-23(10-12-24)30(40)37-17-22-7-5-13-39(19-22)18-21-6-4-8-25(14-21)32(33,34)35/h4,6,8-12,14-16,20,22H,5,7,13,17-19H2,1-2H3,(H,37,40)/t22-/m0/s1. The SMILES string of the molecule is [C-]#[N+]c1cc(C(C)C)c2oc(-c3ccc(C(=O)NC[C@@H]4CCCN(Cc5cccc(C(F)(F)F)c5)C4)cc3)nc2c1. The van der Waals surface area contributed by atoms with Crippen LogP contribution in [0, 0.1) is 12.5 Å². The van der Waals surface area contributed by atoms with Crippen molar-refractivity contribution in [2.24, 2.45) is 5.92 Å². The molecule has 3 aromatic carbocycles. The van der Waals surface area contributed by atoms with E-state index in [1.165, 1.54) is 12.1 Å². The van der Waals surface area contributed by atoms with Crippen molar-refractivity contribution in [3.63, 3.8) is 0 Å². The van der Waals surface area contributed by atoms with E-state index < -0.39 is 11.7 Å². The van der Waals surface area contributed by atoms with Crippen LogP contribution in [0.2, 0.25) is 0 Å². The number of oxazole rings is 1. The summed E-state index contributed by atoms with van der Waals surface area (Å²) in [6.07, 6.45) is -2.48. The van der Waals surface area contributed by atoms with E-state index in [0.717, 1.165) is 36.6 Å². The fourth-order valence-corrected chi connectivity index (χ4v) is 5.33. The quantitative estimate of drug-likeness (QED) is 0.234. The van der Waals surface area contributed by atoms with Crippen molar-refractivity contribution in [3.8, 4) is 11.5 Å². The normalized spacial score (nSPS) is 16.2. The summed E-state index contributed by atoms with van der Waals surface area (Å²) in [7, 11) is 0. The largest absolute Gasteiger partial charge is 0.436 e. The van der Waals surface area contributed by atoms with E-state index in [2.05, 4.69) is 20.0 Å². The van der Waals surface area contributed by atoms with E-state index in [9.17, 15) is 18.0 Å². The lowest BCUT2D eigenvalue weighted by atomic mass is 9.97. The molecule has 0 saturated carbocycles. The van der Waals surface area contributed by atoms with E-state index in [1.807, 2.05) is 19.9 Å². The molecule has 2 heterocycles. The molecule has 0 bridgehead atoms. The van der Waals surface area contributed by atoms with Gasteiger partial charge in [0.25, 0.3) is 5.91 Å². The molecular weight excluding hydrogens is 529 g/mol. The summed E-state index contributed by atoms with van der Waals surface area (Å²) in [6.45, 7) is 13.9. The van der Waals surface area contributed by atoms with Gasteiger partial charge in [0.05, 0.1) is 17.7 Å². The minimum Gasteiger partial charge on any atom is -0.436 e. The summed E-state index contributed by atoms with van der Waals surface area (Å²) in [5.74, 6) is 0.628. The van der Waals surface area contributed by atoms with Crippen molar-refractivity contribution >= 4 is 22.7 Å². The fourth-order valence-electron chi connectivity index (χ4n) is 5.33. The minimum absolute atomic E-state index is 0.169. The molecular formula is C32H31F3N4O2. The van der Waals surface area contributed by atoms with Gasteiger partial charge in [-0.1, -0.05) is 32.0 Å². The molecule has 1 saturated heterocycles. The number of halogens is 3. The number of rotatable bonds is 7. The molecule has 1 aliphatic rings. The Hall–Kier alpha value is -4.16. The lowest BCUT2D eigenvalue weighted by molar-refractivity contribution is -0.137. The maximum atomic E-state index is 13.1. The number of piperidine rings is 1. The first-order chi connectivity index (χ1) is 19.6. The molecule has 1 fully saturated rings. The number of nitrogens with zero attached hydrogens (tertiary/aromatic N) is 3. The Labute approximate surface area is 237 Å². The first kappa shape index (κ1) is 28.4. The zero-order valence-corrected chi connectivity index (χ0v) is 23.0. The molecule has 0 aliphatic carbocycles. The second-order valence-corrected chi connectivity index (χ2v) is 10.9. The average molecular weight is 561 g/mol. The smallest absolute Gasteiger partial charge is 0.416 e. The number of fused-ring (bicyclic) bond motifs is 1. The van der Waals surface area contributed by atoms with Crippen LogP contribution in [0.3, 0.4) is 0 Å². The molecule has 6 nitrogen and oxygen atoms in total. The van der Waals surface area contributed by atoms with Crippen molar-refractivity contribution in [1.82, 2.24) is 15.2 Å². The van der Waals surface area contributed by atoms with E-state index in [1.54, 1.807) is 36.4 Å². The number of amides is 1. The molecule has 5 rings (SSSR count). The van der Waals surface area contributed by atoms with Crippen molar-refractivity contribution < 1.29 is 22.4 Å². The Bertz CT molecular complexity index is 1590. The molecule has 1 atom stereocenters. The summed E-state index contributed by atoms with van der Waals surface area (Å²) in [6, 6.07) is 16.1. The highest BCUT2D eigenvalue weighted by Gasteiger charge is 2.30. The van der Waals surface area contributed by atoms with Crippen molar-refractivity contribution in [2.75, 3.05) is 19.6 Å². The molecule has 41 heavy (non-hydrogen) atoms. The summed E-state index contributed by atoms with van der Waals surface area (Å²) in [4.78, 5) is 23.2. The first-order valence-corrected chi connectivity index (χ1v) is 13.7. The number of carbonyl (C=O) groups is 1. The highest BCUT2D eigenvalue weighted by Crippen LogP contribution is 2.34. The number of hydrogen-bond donors (Lipinski definition) is 1. The maximum absolute atomic E-state index is 13.1. The number of carbonyl (C=O) groups excluding carboxylic acids is 1. The average Bonchev–Trinajstić information content (AvgIpc) is 3.39. The molecule has 1 aliphatic heterocycles. The van der Waals surface area contributed by atoms with Crippen LogP contribution in [0.25, 0.3) is 27.4 Å². The molecule has 9 heteroatoms. The summed E-state index contributed by atoms with van der Waals surface area (Å²) < 4.78 is 45.3. The predicted octanol–water partition coefficient (Wildman–Crippen LogP) is 7.83. The third kappa shape index (κ3) is 6.60. The van der Waals surface area contributed by atoms with Crippen LogP contribution in [0.15, 0.2) is 65.1 Å². The summed E-state index contributed by atoms with van der Waals surface area (Å²) >= 11 is 0. The Morgan fingerprint density at radius 2 is 1.95 bits per heavy atom. The van der Waals surface area contributed by atoms with Gasteiger partial charge in [0.2, 0.25) is 5.89 Å². The number of aromatic nitrogens is 1. The van der Waals surface area contributed by atoms with Crippen LogP contribution in [-0.2, 0) is 12.7 Å². The van der Waals surface area contributed by atoms with Gasteiger partial charge in [-0.15, -0.1) is 0 Å². The Morgan fingerprint density at radius 3 is 2.66 bits per heavy atom. The van der Waals surface area contributed by atoms with Gasteiger partial charge >= 0.3 is 6.18 Å². The van der Waals surface area contributed by atoms with Crippen molar-refractivity contribution in [2.45, 2.75) is 45.3 Å². The monoisotopic (exact) mass is 560 g/mol. The third-order valence-electron chi connectivity index (χ3n) is 7.46. The van der Waals surface area contributed by atoms with Crippen LogP contribution in [0.4, 0.5) is 18.9 Å². The molecule has 1 aromatic heterocycles. The Morgan fingerprint density at radius 1 is 1.17 bits per heavy atom. The molecule has 0 radical (unpaired) electrons. The number of nitrogens with one attached hydrogen (secondary N) is 1. The zero-order valence-electron chi connectivity index (χ0n) is 23.0. The summed E-state index contributed by atoms with van der Waals surface area (Å²) in [5, 5.41) is 3.01. The number of likely N-dealkylation sites (tertiary alicyclic amines) is 1. The van der Waals surface area contributed by atoms with E-state index in [-0.39, 0.29) is 17.7 Å². The van der Waals surface area contributed by atoms with Gasteiger partial charge in [-0.25, -0.2) is 9.83 Å². The number of benzene rings is 3. The second kappa shape index (κ2) is 11.8. The van der Waals surface area contributed by atoms with E-state index in [0.29, 0.717) is 53.4 Å². The van der Waals surface area contributed by atoms with Gasteiger partial charge in [-0.05, 0) is 84.8 Å². The number of hydrogen-bond acceptors (Lipinski definition) is 4. The predicted molar refractivity (Wildman–Crippen MR) is 152 cm³/mol. The molecule has 0 spiro atoms. The molecule has 1 amide bonds. The third-order valence-corrected chi connectivity index (χ3v) is 7.46. The van der Waals surface area contributed by atoms with Crippen LogP contribution in [0.1, 0.15) is 59.7 Å². The summed E-state index contributed by atoms with van der Waals surface area (Å²) in [5.41, 5.74) is 3.99. The first-order valence-electron chi connectivity index (χ1n) is 13.7. The Balaban J connectivity index is 1.19. The minimum atomic E-state index is -4.36. The van der Waals surface area contributed by atoms with Crippen molar-refractivity contribution in [3.05, 3.63) is 94.3 Å². The van der Waals surface area contributed by atoms with Gasteiger partial charge in [0.15, 0.2) is 11.3 Å². The molecule has 0 unspecified atom stereocenters.